The van der Waals surface area contributed by atoms with E-state index in [-0.39, 0.29) is 12.3 Å². The average Bonchev–Trinajstić information content (AvgIpc) is 3.34. The Hall–Kier alpha value is -3.13. The van der Waals surface area contributed by atoms with E-state index in [0.717, 1.165) is 27.4 Å². The smallest absolute Gasteiger partial charge is 0.227 e. The topological polar surface area (TPSA) is 96.7 Å². The first kappa shape index (κ1) is 21.1. The van der Waals surface area contributed by atoms with E-state index in [1.807, 2.05) is 32.0 Å². The molecule has 0 saturated carbocycles. The molecule has 4 rings (SSSR count). The standard InChI is InChI=1S/C23H25N5O2S/c1-13-5-6-17(16(4)9-13)24-21(29)7-8-22-27-20(28-30-22)12-31-23-25-18-10-14(2)15(3)11-19(18)26-23/h5-6,9-11H,7-8,12H2,1-4H3,(H,24,29)(H,25,26). The highest BCUT2D eigenvalue weighted by Gasteiger charge is 2.12. The predicted molar refractivity (Wildman–Crippen MR) is 122 cm³/mol. The van der Waals surface area contributed by atoms with Gasteiger partial charge in [-0.3, -0.25) is 4.79 Å². The highest BCUT2D eigenvalue weighted by atomic mass is 32.2. The van der Waals surface area contributed by atoms with Gasteiger partial charge in [0.05, 0.1) is 16.8 Å². The van der Waals surface area contributed by atoms with Gasteiger partial charge in [-0.2, -0.15) is 4.98 Å². The first-order valence-corrected chi connectivity index (χ1v) is 11.1. The van der Waals surface area contributed by atoms with E-state index in [1.165, 1.54) is 28.5 Å². The molecule has 31 heavy (non-hydrogen) atoms. The summed E-state index contributed by atoms with van der Waals surface area (Å²) >= 11 is 1.52. The quantitative estimate of drug-likeness (QED) is 0.395. The van der Waals surface area contributed by atoms with E-state index in [0.29, 0.717) is 23.9 Å². The molecule has 0 aliphatic carbocycles. The maximum absolute atomic E-state index is 12.3. The van der Waals surface area contributed by atoms with Crippen LogP contribution in [0, 0.1) is 27.7 Å². The molecule has 2 N–H and O–H groups in total. The van der Waals surface area contributed by atoms with Crippen LogP contribution >= 0.6 is 11.8 Å². The number of rotatable bonds is 7. The molecule has 8 heteroatoms. The number of hydrogen-bond donors (Lipinski definition) is 2. The number of anilines is 1. The third-order valence-corrected chi connectivity index (χ3v) is 6.02. The fourth-order valence-corrected chi connectivity index (χ4v) is 4.01. The van der Waals surface area contributed by atoms with E-state index in [1.54, 1.807) is 0 Å². The third kappa shape index (κ3) is 5.14. The molecule has 7 nitrogen and oxygen atoms in total. The molecular weight excluding hydrogens is 410 g/mol. The summed E-state index contributed by atoms with van der Waals surface area (Å²) in [5.74, 6) is 1.51. The summed E-state index contributed by atoms with van der Waals surface area (Å²) in [7, 11) is 0. The van der Waals surface area contributed by atoms with Crippen LogP contribution in [0.1, 0.15) is 40.4 Å². The molecule has 0 atom stereocenters. The van der Waals surface area contributed by atoms with Gasteiger partial charge >= 0.3 is 0 Å². The van der Waals surface area contributed by atoms with Crippen molar-refractivity contribution in [2.75, 3.05) is 5.32 Å². The van der Waals surface area contributed by atoms with Gasteiger partial charge in [-0.1, -0.05) is 34.6 Å². The van der Waals surface area contributed by atoms with Crippen molar-refractivity contribution >= 4 is 34.4 Å². The summed E-state index contributed by atoms with van der Waals surface area (Å²) in [5, 5.41) is 7.77. The van der Waals surface area contributed by atoms with Crippen molar-refractivity contribution in [1.29, 1.82) is 0 Å². The lowest BCUT2D eigenvalue weighted by molar-refractivity contribution is -0.116. The Morgan fingerprint density at radius 1 is 1.06 bits per heavy atom. The van der Waals surface area contributed by atoms with Gasteiger partial charge in [-0.05, 0) is 62.6 Å². The van der Waals surface area contributed by atoms with Gasteiger partial charge in [0.1, 0.15) is 0 Å². The van der Waals surface area contributed by atoms with E-state index >= 15 is 0 Å². The van der Waals surface area contributed by atoms with Gasteiger partial charge in [0.25, 0.3) is 0 Å². The lowest BCUT2D eigenvalue weighted by atomic mass is 10.1. The minimum absolute atomic E-state index is 0.0751. The second kappa shape index (κ2) is 8.93. The van der Waals surface area contributed by atoms with Gasteiger partial charge in [0, 0.05) is 18.5 Å². The second-order valence-electron chi connectivity index (χ2n) is 7.76. The number of H-pyrrole nitrogens is 1. The van der Waals surface area contributed by atoms with Gasteiger partial charge in [-0.15, -0.1) is 0 Å². The molecule has 160 valence electrons. The first-order valence-electron chi connectivity index (χ1n) is 10.2. The molecule has 0 spiro atoms. The number of benzene rings is 2. The lowest BCUT2D eigenvalue weighted by Crippen LogP contribution is -2.13. The van der Waals surface area contributed by atoms with Crippen LogP contribution in [0.2, 0.25) is 0 Å². The highest BCUT2D eigenvalue weighted by Crippen LogP contribution is 2.24. The molecule has 2 aromatic heterocycles. The zero-order valence-electron chi connectivity index (χ0n) is 18.1. The fourth-order valence-electron chi connectivity index (χ4n) is 3.28. The van der Waals surface area contributed by atoms with Crippen molar-refractivity contribution in [3.05, 3.63) is 64.3 Å². The van der Waals surface area contributed by atoms with Crippen LogP contribution in [0.4, 0.5) is 5.69 Å². The Morgan fingerprint density at radius 2 is 1.87 bits per heavy atom. The zero-order valence-corrected chi connectivity index (χ0v) is 18.9. The third-order valence-electron chi connectivity index (χ3n) is 5.15. The number of nitrogens with one attached hydrogen (secondary N) is 2. The summed E-state index contributed by atoms with van der Waals surface area (Å²) in [5.41, 5.74) is 7.47. The van der Waals surface area contributed by atoms with Crippen LogP contribution in [-0.2, 0) is 17.0 Å². The maximum Gasteiger partial charge on any atom is 0.227 e. The van der Waals surface area contributed by atoms with Crippen LogP contribution in [0.25, 0.3) is 11.0 Å². The largest absolute Gasteiger partial charge is 0.339 e. The number of aromatic amines is 1. The number of fused-ring (bicyclic) bond motifs is 1. The summed E-state index contributed by atoms with van der Waals surface area (Å²) in [4.78, 5) is 24.6. The Labute approximate surface area is 185 Å². The van der Waals surface area contributed by atoms with Gasteiger partial charge in [-0.25, -0.2) is 4.98 Å². The fraction of sp³-hybridized carbons (Fsp3) is 0.304. The Morgan fingerprint density at radius 3 is 2.68 bits per heavy atom. The first-order chi connectivity index (χ1) is 14.9. The van der Waals surface area contributed by atoms with Crippen LogP contribution < -0.4 is 5.32 Å². The highest BCUT2D eigenvalue weighted by molar-refractivity contribution is 7.98. The molecular formula is C23H25N5O2S. The summed E-state index contributed by atoms with van der Waals surface area (Å²) < 4.78 is 5.30. The lowest BCUT2D eigenvalue weighted by Gasteiger charge is -2.08. The molecule has 0 radical (unpaired) electrons. The van der Waals surface area contributed by atoms with E-state index in [4.69, 9.17) is 4.52 Å². The number of thioether (sulfide) groups is 1. The molecule has 0 aliphatic rings. The molecule has 0 fully saturated rings. The van der Waals surface area contributed by atoms with Crippen LogP contribution in [-0.4, -0.2) is 26.0 Å². The minimum atomic E-state index is -0.0751. The molecule has 0 unspecified atom stereocenters. The van der Waals surface area contributed by atoms with E-state index in [2.05, 4.69) is 51.4 Å². The number of aryl methyl sites for hydroxylation is 5. The number of hydrogen-bond acceptors (Lipinski definition) is 6. The Bertz CT molecular complexity index is 1210. The van der Waals surface area contributed by atoms with Crippen molar-refractivity contribution in [2.45, 2.75) is 51.4 Å². The summed E-state index contributed by atoms with van der Waals surface area (Å²) in [6.45, 7) is 8.18. The average molecular weight is 436 g/mol. The summed E-state index contributed by atoms with van der Waals surface area (Å²) in [6.07, 6.45) is 0.683. The van der Waals surface area contributed by atoms with Crippen LogP contribution in [0.15, 0.2) is 40.0 Å². The molecule has 4 aromatic rings. The molecule has 0 aliphatic heterocycles. The van der Waals surface area contributed by atoms with Crippen molar-refractivity contribution in [1.82, 2.24) is 20.1 Å². The second-order valence-corrected chi connectivity index (χ2v) is 8.72. The van der Waals surface area contributed by atoms with E-state index in [9.17, 15) is 4.79 Å². The number of carbonyl (C=O) groups is 1. The van der Waals surface area contributed by atoms with Crippen molar-refractivity contribution in [2.24, 2.45) is 0 Å². The van der Waals surface area contributed by atoms with Gasteiger partial charge in [0.15, 0.2) is 11.0 Å². The molecule has 2 aromatic carbocycles. The normalized spacial score (nSPS) is 11.2. The molecule has 2 heterocycles. The Kier molecular flexibility index (Phi) is 6.08. The zero-order chi connectivity index (χ0) is 22.0. The number of aromatic nitrogens is 4. The number of carbonyl (C=O) groups excluding carboxylic acids is 1. The number of amides is 1. The number of imidazole rings is 1. The van der Waals surface area contributed by atoms with Crippen molar-refractivity contribution in [3.63, 3.8) is 0 Å². The van der Waals surface area contributed by atoms with Crippen molar-refractivity contribution < 1.29 is 9.32 Å². The van der Waals surface area contributed by atoms with Crippen LogP contribution in [0.5, 0.6) is 0 Å². The number of nitrogens with zero attached hydrogens (tertiary/aromatic N) is 3. The van der Waals surface area contributed by atoms with Crippen LogP contribution in [0.3, 0.4) is 0 Å². The van der Waals surface area contributed by atoms with Crippen molar-refractivity contribution in [3.8, 4) is 0 Å². The van der Waals surface area contributed by atoms with Gasteiger partial charge < -0.3 is 14.8 Å². The van der Waals surface area contributed by atoms with E-state index < -0.39 is 0 Å². The molecule has 0 saturated heterocycles. The monoisotopic (exact) mass is 435 g/mol. The maximum atomic E-state index is 12.3. The summed E-state index contributed by atoms with van der Waals surface area (Å²) in [6, 6.07) is 10.1. The predicted octanol–water partition coefficient (Wildman–Crippen LogP) is 5.04. The Balaban J connectivity index is 1.29. The van der Waals surface area contributed by atoms with Gasteiger partial charge in [0.2, 0.25) is 11.8 Å². The molecule has 1 amide bonds. The minimum Gasteiger partial charge on any atom is -0.339 e. The molecule has 0 bridgehead atoms. The SMILES string of the molecule is Cc1ccc(NC(=O)CCc2nc(CSc3nc4cc(C)c(C)cc4[nH]3)no2)c(C)c1.